The number of aromatic nitrogens is 4. The maximum absolute atomic E-state index is 15.5. The van der Waals surface area contributed by atoms with Crippen LogP contribution in [0.5, 0.6) is 0 Å². The number of aliphatic hydroxyl groups excluding tert-OH is 1. The van der Waals surface area contributed by atoms with Gasteiger partial charge in [0.1, 0.15) is 6.61 Å². The summed E-state index contributed by atoms with van der Waals surface area (Å²) in [6, 6.07) is 48.6. The summed E-state index contributed by atoms with van der Waals surface area (Å²) in [6.07, 6.45) is 4.34. The van der Waals surface area contributed by atoms with Gasteiger partial charge in [0.25, 0.3) is 0 Å². The normalized spacial score (nSPS) is 24.7. The first-order chi connectivity index (χ1) is 36.2. The number of halogens is 6. The molecule has 3 aliphatic rings. The van der Waals surface area contributed by atoms with Gasteiger partial charge in [0.05, 0.1) is 39.0 Å². The Morgan fingerprint density at radius 3 is 1.00 bits per heavy atom. The first kappa shape index (κ1) is 52.1. The average Bonchev–Trinajstić information content (AvgIpc) is 4.53. The van der Waals surface area contributed by atoms with Gasteiger partial charge in [-0.3, -0.25) is 4.79 Å². The molecule has 11 rings (SSSR count). The van der Waals surface area contributed by atoms with E-state index >= 15 is 13.2 Å². The third kappa shape index (κ3) is 10.1. The number of rotatable bonds is 12. The minimum Gasteiger partial charge on any atom is -0.467 e. The van der Waals surface area contributed by atoms with Gasteiger partial charge >= 0.3 is 11.9 Å². The molecule has 8 aromatic rings. The van der Waals surface area contributed by atoms with Crippen molar-refractivity contribution >= 4 is 33.7 Å². The first-order valence-corrected chi connectivity index (χ1v) is 24.4. The molecule has 0 spiro atoms. The molecule has 1 N–H and O–H groups in total. The fourth-order valence-corrected chi connectivity index (χ4v) is 10.5. The van der Waals surface area contributed by atoms with Crippen molar-refractivity contribution in [2.45, 2.75) is 52.5 Å². The number of ether oxygens (including phenoxy) is 2. The molecule has 2 heterocycles. The molecule has 3 saturated carbocycles. The molecule has 0 aliphatic heterocycles. The van der Waals surface area contributed by atoms with Crippen LogP contribution in [-0.4, -0.2) is 80.6 Å². The van der Waals surface area contributed by atoms with Crippen molar-refractivity contribution in [1.29, 1.82) is 0 Å². The smallest absolute Gasteiger partial charge is 0.344 e. The van der Waals surface area contributed by atoms with Crippen molar-refractivity contribution in [3.8, 4) is 22.8 Å². The number of esters is 2. The average molecular weight is 1080 g/mol. The Morgan fingerprint density at radius 2 is 0.720 bits per heavy atom. The number of nitrogens with zero attached hydrogens (tertiary/aromatic N) is 4. The zero-order chi connectivity index (χ0) is 53.1. The van der Waals surface area contributed by atoms with E-state index in [1.165, 1.54) is 14.2 Å². The molecule has 10 nitrogen and oxygen atoms in total. The van der Waals surface area contributed by atoms with E-state index in [4.69, 9.17) is 4.74 Å². The first-order valence-electron chi connectivity index (χ1n) is 23.6. The molecule has 0 unspecified atom stereocenters. The number of carbonyl (C=O) groups excluding carboxylic acids is 3. The number of Topliss-reactive ketones (excluding diaryl/α,β-unsaturated/α-hetero) is 1. The highest BCUT2D eigenvalue weighted by Gasteiger charge is 2.74. The SMILES string of the molecule is COC(=O)[C@]1(F)[C@H](c2ccccc2)[C@H]1c1ccc(-c2ncc(F)cn2)cc1.COC(=O)[C@]1(F)[C@H](c2ccccc2)[C@H]1c1ccc(Br)cc1.O=C(CO)[C@]1(F)[C@H](c2ccccc2)[C@H]1c1ccc(-c2ncc(F)cn2)cc1. The van der Waals surface area contributed by atoms with Gasteiger partial charge in [-0.05, 0) is 45.5 Å². The Balaban J connectivity index is 0.000000139. The summed E-state index contributed by atoms with van der Waals surface area (Å²) in [6.45, 7) is -0.835. The van der Waals surface area contributed by atoms with Crippen LogP contribution in [0.3, 0.4) is 0 Å². The van der Waals surface area contributed by atoms with E-state index < -0.39 is 88.5 Å². The zero-order valence-corrected chi connectivity index (χ0v) is 41.7. The molecule has 380 valence electrons. The quantitative estimate of drug-likeness (QED) is 0.0928. The van der Waals surface area contributed by atoms with Gasteiger partial charge in [0.2, 0.25) is 11.3 Å². The molecule has 3 fully saturated rings. The molecule has 0 radical (unpaired) electrons. The van der Waals surface area contributed by atoms with Gasteiger partial charge in [-0.15, -0.1) is 0 Å². The Hall–Kier alpha value is -7.82. The van der Waals surface area contributed by atoms with Gasteiger partial charge in [-0.2, -0.15) is 0 Å². The molecule has 0 bridgehead atoms. The standard InChI is InChI=1S/2C21H16F2N2O2.C17H14BrFO2/c1-27-20(26)21(23)17(13-5-3-2-4-6-13)18(21)14-7-9-15(10-8-14)19-24-11-16(22)12-25-19;22-16-10-24-20(25-11-16)15-8-6-14(7-9-15)19-18(13-4-2-1-3-5-13)21(19,23)17(27)12-26;1-21-16(20)17(19)14(11-5-3-2-4-6-11)15(17)12-7-9-13(18)10-8-12/h2-12,17-18H,1H3;1-11,18-19,26H,12H2;2-10,14-15H,1H3/t17-,18-,21+;18-,19-,21+;14-,15-,17+/m111/s1. The van der Waals surface area contributed by atoms with E-state index in [2.05, 4.69) is 40.6 Å². The summed E-state index contributed by atoms with van der Waals surface area (Å²) in [7, 11) is 2.42. The maximum atomic E-state index is 15.5. The Kier molecular flexibility index (Phi) is 15.0. The second-order valence-corrected chi connectivity index (χ2v) is 19.1. The third-order valence-electron chi connectivity index (χ3n) is 14.0. The van der Waals surface area contributed by atoms with E-state index in [1.54, 1.807) is 72.8 Å². The largest absolute Gasteiger partial charge is 0.467 e. The highest BCUT2D eigenvalue weighted by molar-refractivity contribution is 9.10. The van der Waals surface area contributed by atoms with E-state index in [9.17, 15) is 28.3 Å². The summed E-state index contributed by atoms with van der Waals surface area (Å²) in [5.74, 6) is -6.31. The number of alkyl halides is 3. The predicted molar refractivity (Wildman–Crippen MR) is 272 cm³/mol. The van der Waals surface area contributed by atoms with Crippen molar-refractivity contribution in [3.05, 3.63) is 238 Å². The van der Waals surface area contributed by atoms with Crippen LogP contribution in [0.1, 0.15) is 68.9 Å². The van der Waals surface area contributed by atoms with Crippen LogP contribution >= 0.6 is 15.9 Å². The Labute approximate surface area is 436 Å². The molecule has 2 aromatic heterocycles. The van der Waals surface area contributed by atoms with Crippen LogP contribution in [0.25, 0.3) is 22.8 Å². The fraction of sp³-hybridized carbons (Fsp3) is 0.203. The highest BCUT2D eigenvalue weighted by Crippen LogP contribution is 2.68. The topological polar surface area (TPSA) is 141 Å². The van der Waals surface area contributed by atoms with Crippen molar-refractivity contribution < 1.29 is 50.9 Å². The molecular weight excluding hydrogens is 1040 g/mol. The van der Waals surface area contributed by atoms with Crippen molar-refractivity contribution in [2.75, 3.05) is 20.8 Å². The van der Waals surface area contributed by atoms with Crippen LogP contribution in [-0.2, 0) is 23.9 Å². The molecule has 0 amide bonds. The number of aliphatic hydroxyl groups is 1. The van der Waals surface area contributed by atoms with Crippen LogP contribution < -0.4 is 0 Å². The minimum atomic E-state index is -2.12. The molecule has 75 heavy (non-hydrogen) atoms. The predicted octanol–water partition coefficient (Wildman–Crippen LogP) is 11.7. The number of hydrogen-bond acceptors (Lipinski definition) is 10. The summed E-state index contributed by atoms with van der Waals surface area (Å²) in [5, 5.41) is 9.22. The van der Waals surface area contributed by atoms with E-state index in [1.807, 2.05) is 91.0 Å². The number of benzene rings is 6. The lowest BCUT2D eigenvalue weighted by Gasteiger charge is -2.06. The van der Waals surface area contributed by atoms with Gasteiger partial charge in [0.15, 0.2) is 34.7 Å². The Bertz CT molecular complexity index is 3120. The van der Waals surface area contributed by atoms with Crippen LogP contribution in [0, 0.1) is 11.6 Å². The monoisotopic (exact) mass is 1080 g/mol. The summed E-state index contributed by atoms with van der Waals surface area (Å²) in [5.41, 5.74) is -0.427. The number of carbonyl (C=O) groups is 3. The van der Waals surface area contributed by atoms with Gasteiger partial charge in [0, 0.05) is 51.1 Å². The fourth-order valence-electron chi connectivity index (χ4n) is 10.2. The highest BCUT2D eigenvalue weighted by atomic mass is 79.9. The van der Waals surface area contributed by atoms with Crippen molar-refractivity contribution in [1.82, 2.24) is 19.9 Å². The second-order valence-electron chi connectivity index (χ2n) is 18.2. The van der Waals surface area contributed by atoms with E-state index in [-0.39, 0.29) is 0 Å². The van der Waals surface area contributed by atoms with E-state index in [0.717, 1.165) is 51.5 Å². The summed E-state index contributed by atoms with van der Waals surface area (Å²) in [4.78, 5) is 51.9. The maximum Gasteiger partial charge on any atom is 0.344 e. The van der Waals surface area contributed by atoms with Crippen LogP contribution in [0.2, 0.25) is 0 Å². The third-order valence-corrected chi connectivity index (χ3v) is 14.5. The lowest BCUT2D eigenvalue weighted by molar-refractivity contribution is -0.149. The van der Waals surface area contributed by atoms with Gasteiger partial charge in [-0.25, -0.2) is 51.5 Å². The number of methoxy groups -OCH3 is 2. The lowest BCUT2D eigenvalue weighted by atomic mass is 10.0. The van der Waals surface area contributed by atoms with E-state index in [0.29, 0.717) is 33.9 Å². The molecular formula is C59H46BrF5N4O6. The molecule has 0 saturated heterocycles. The lowest BCUT2D eigenvalue weighted by Crippen LogP contribution is -2.24. The zero-order valence-electron chi connectivity index (χ0n) is 40.1. The summed E-state index contributed by atoms with van der Waals surface area (Å²) >= 11 is 3.36. The van der Waals surface area contributed by atoms with Crippen molar-refractivity contribution in [3.63, 3.8) is 0 Å². The molecule has 3 aliphatic carbocycles. The Morgan fingerprint density at radius 1 is 0.453 bits per heavy atom. The minimum absolute atomic E-state index is 0.358. The van der Waals surface area contributed by atoms with Crippen LogP contribution in [0.4, 0.5) is 22.0 Å². The number of ketones is 1. The van der Waals surface area contributed by atoms with Gasteiger partial charge < -0.3 is 14.6 Å². The molecule has 6 aromatic carbocycles. The van der Waals surface area contributed by atoms with Gasteiger partial charge in [-0.1, -0.05) is 168 Å². The number of hydrogen-bond donors (Lipinski definition) is 1. The summed E-state index contributed by atoms with van der Waals surface area (Å²) < 4.78 is 82.5. The van der Waals surface area contributed by atoms with Crippen molar-refractivity contribution in [2.24, 2.45) is 0 Å². The molecule has 16 heteroatoms. The second kappa shape index (κ2) is 21.6. The van der Waals surface area contributed by atoms with Crippen LogP contribution in [0.15, 0.2) is 193 Å². The molecule has 9 atom stereocenters.